The number of nitrogens with zero attached hydrogens (tertiary/aromatic N) is 1. The number of rotatable bonds is 4. The Morgan fingerprint density at radius 2 is 2.05 bits per heavy atom. The van der Waals surface area contributed by atoms with E-state index in [-0.39, 0.29) is 12.2 Å². The van der Waals surface area contributed by atoms with E-state index in [1.54, 1.807) is 0 Å². The Hall–Kier alpha value is -1.10. The van der Waals surface area contributed by atoms with Gasteiger partial charge >= 0.3 is 0 Å². The number of amides is 1. The molecule has 1 amide bonds. The number of carbonyl (C=O) groups excluding carboxylic acids is 1. The van der Waals surface area contributed by atoms with Crippen LogP contribution in [-0.2, 0) is 20.7 Å². The van der Waals surface area contributed by atoms with Crippen molar-refractivity contribution in [2.45, 2.75) is 32.0 Å². The quantitative estimate of drug-likeness (QED) is 0.855. The molecule has 1 aromatic rings. The molecule has 1 unspecified atom stereocenters. The lowest BCUT2D eigenvalue weighted by molar-refractivity contribution is -0.139. The number of benzene rings is 1. The number of carbonyl (C=O) groups is 1. The Kier molecular flexibility index (Phi) is 5.34. The van der Waals surface area contributed by atoms with Gasteiger partial charge < -0.3 is 14.4 Å². The summed E-state index contributed by atoms with van der Waals surface area (Å²) >= 11 is 6.14. The molecule has 2 aliphatic rings. The fourth-order valence-electron chi connectivity index (χ4n) is 3.21. The third-order valence-corrected chi connectivity index (χ3v) is 4.78. The van der Waals surface area contributed by atoms with Crippen LogP contribution in [0.15, 0.2) is 24.3 Å². The molecule has 2 heterocycles. The van der Waals surface area contributed by atoms with Crippen molar-refractivity contribution in [3.8, 4) is 0 Å². The minimum atomic E-state index is -0.126. The molecule has 4 nitrogen and oxygen atoms in total. The summed E-state index contributed by atoms with van der Waals surface area (Å²) < 4.78 is 11.2. The number of hydrogen-bond donors (Lipinski definition) is 0. The van der Waals surface area contributed by atoms with Crippen molar-refractivity contribution in [2.75, 3.05) is 26.3 Å². The number of likely N-dealkylation sites (tertiary alicyclic amines) is 1. The minimum Gasteiger partial charge on any atom is -0.350 e. The van der Waals surface area contributed by atoms with Crippen molar-refractivity contribution < 1.29 is 14.3 Å². The molecule has 1 aromatic carbocycles. The van der Waals surface area contributed by atoms with Crippen LogP contribution in [0.3, 0.4) is 0 Å². The van der Waals surface area contributed by atoms with E-state index in [9.17, 15) is 4.79 Å². The monoisotopic (exact) mass is 323 g/mol. The highest BCUT2D eigenvalue weighted by atomic mass is 35.5. The molecule has 2 saturated heterocycles. The average molecular weight is 324 g/mol. The van der Waals surface area contributed by atoms with E-state index >= 15 is 0 Å². The Bertz CT molecular complexity index is 516. The van der Waals surface area contributed by atoms with Crippen molar-refractivity contribution >= 4 is 17.5 Å². The Morgan fingerprint density at radius 1 is 1.27 bits per heavy atom. The van der Waals surface area contributed by atoms with Gasteiger partial charge in [0.05, 0.1) is 13.2 Å². The molecule has 1 atom stereocenters. The molecule has 120 valence electrons. The van der Waals surface area contributed by atoms with Crippen LogP contribution < -0.4 is 0 Å². The summed E-state index contributed by atoms with van der Waals surface area (Å²) in [5.74, 6) is 0.503. The first-order valence-electron chi connectivity index (χ1n) is 7.98. The van der Waals surface area contributed by atoms with Crippen molar-refractivity contribution in [3.05, 3.63) is 34.9 Å². The number of halogens is 1. The SMILES string of the molecule is O=C(CCc1ccccc1Cl)N1CCCC(C2OCCO2)C1. The summed E-state index contributed by atoms with van der Waals surface area (Å²) in [5, 5.41) is 0.736. The van der Waals surface area contributed by atoms with Crippen molar-refractivity contribution in [2.24, 2.45) is 5.92 Å². The van der Waals surface area contributed by atoms with Gasteiger partial charge in [0.2, 0.25) is 5.91 Å². The fourth-order valence-corrected chi connectivity index (χ4v) is 3.44. The molecule has 2 fully saturated rings. The molecule has 0 N–H and O–H groups in total. The van der Waals surface area contributed by atoms with Gasteiger partial charge in [0, 0.05) is 30.5 Å². The zero-order chi connectivity index (χ0) is 15.4. The summed E-state index contributed by atoms with van der Waals surface area (Å²) in [5.41, 5.74) is 1.04. The summed E-state index contributed by atoms with van der Waals surface area (Å²) in [7, 11) is 0. The second-order valence-corrected chi connectivity index (χ2v) is 6.35. The molecule has 2 aliphatic heterocycles. The predicted octanol–water partition coefficient (Wildman–Crippen LogP) is 2.88. The van der Waals surface area contributed by atoms with Crippen LogP contribution >= 0.6 is 11.6 Å². The Balaban J connectivity index is 1.52. The van der Waals surface area contributed by atoms with Gasteiger partial charge in [-0.2, -0.15) is 0 Å². The van der Waals surface area contributed by atoms with Gasteiger partial charge in [-0.25, -0.2) is 0 Å². The molecular weight excluding hydrogens is 302 g/mol. The maximum Gasteiger partial charge on any atom is 0.222 e. The Labute approximate surface area is 136 Å². The van der Waals surface area contributed by atoms with Crippen LogP contribution in [0.5, 0.6) is 0 Å². The lowest BCUT2D eigenvalue weighted by atomic mass is 9.97. The smallest absolute Gasteiger partial charge is 0.222 e. The van der Waals surface area contributed by atoms with E-state index in [2.05, 4.69) is 0 Å². The average Bonchev–Trinajstić information content (AvgIpc) is 3.08. The van der Waals surface area contributed by atoms with Gasteiger partial charge in [0.25, 0.3) is 0 Å². The third-order valence-electron chi connectivity index (χ3n) is 4.41. The molecular formula is C17H22ClNO3. The summed E-state index contributed by atoms with van der Waals surface area (Å²) in [6, 6.07) is 7.71. The molecule has 0 saturated carbocycles. The van der Waals surface area contributed by atoms with Gasteiger partial charge in [0.15, 0.2) is 6.29 Å². The largest absolute Gasteiger partial charge is 0.350 e. The molecule has 0 aliphatic carbocycles. The summed E-state index contributed by atoms with van der Waals surface area (Å²) in [4.78, 5) is 14.4. The minimum absolute atomic E-state index is 0.126. The number of piperidine rings is 1. The second kappa shape index (κ2) is 7.44. The van der Waals surface area contributed by atoms with Gasteiger partial charge in [-0.15, -0.1) is 0 Å². The maximum absolute atomic E-state index is 12.4. The fraction of sp³-hybridized carbons (Fsp3) is 0.588. The Morgan fingerprint density at radius 3 is 2.82 bits per heavy atom. The normalized spacial score (nSPS) is 23.0. The van der Waals surface area contributed by atoms with E-state index in [1.807, 2.05) is 29.2 Å². The highest BCUT2D eigenvalue weighted by Gasteiger charge is 2.32. The zero-order valence-corrected chi connectivity index (χ0v) is 13.4. The molecule has 0 bridgehead atoms. The first kappa shape index (κ1) is 15.8. The summed E-state index contributed by atoms with van der Waals surface area (Å²) in [6.07, 6.45) is 3.16. The van der Waals surface area contributed by atoms with Crippen LogP contribution in [0.1, 0.15) is 24.8 Å². The summed E-state index contributed by atoms with van der Waals surface area (Å²) in [6.45, 7) is 2.92. The first-order valence-corrected chi connectivity index (χ1v) is 8.36. The standard InChI is InChI=1S/C17H22ClNO3/c18-15-6-2-1-4-13(15)7-8-16(20)19-9-3-5-14(12-19)17-21-10-11-22-17/h1-2,4,6,14,17H,3,5,7-12H2. The van der Waals surface area contributed by atoms with Crippen molar-refractivity contribution in [1.29, 1.82) is 0 Å². The second-order valence-electron chi connectivity index (χ2n) is 5.94. The van der Waals surface area contributed by atoms with Crippen LogP contribution in [0.25, 0.3) is 0 Å². The highest BCUT2D eigenvalue weighted by Crippen LogP contribution is 2.25. The topological polar surface area (TPSA) is 38.8 Å². The van der Waals surface area contributed by atoms with Gasteiger partial charge in [-0.05, 0) is 30.9 Å². The van der Waals surface area contributed by atoms with Crippen molar-refractivity contribution in [3.63, 3.8) is 0 Å². The molecule has 22 heavy (non-hydrogen) atoms. The molecule has 0 spiro atoms. The first-order chi connectivity index (χ1) is 10.7. The van der Waals surface area contributed by atoms with Crippen LogP contribution in [0.4, 0.5) is 0 Å². The van der Waals surface area contributed by atoms with E-state index < -0.39 is 0 Å². The van der Waals surface area contributed by atoms with Gasteiger partial charge in [-0.3, -0.25) is 4.79 Å². The van der Waals surface area contributed by atoms with Crippen LogP contribution in [0.2, 0.25) is 5.02 Å². The van der Waals surface area contributed by atoms with E-state index in [0.717, 1.165) is 36.5 Å². The van der Waals surface area contributed by atoms with Crippen LogP contribution in [0, 0.1) is 5.92 Å². The van der Waals surface area contributed by atoms with E-state index in [0.29, 0.717) is 32.0 Å². The highest BCUT2D eigenvalue weighted by molar-refractivity contribution is 6.31. The van der Waals surface area contributed by atoms with Crippen molar-refractivity contribution in [1.82, 2.24) is 4.90 Å². The number of aryl methyl sites for hydroxylation is 1. The molecule has 5 heteroatoms. The van der Waals surface area contributed by atoms with E-state index in [1.165, 1.54) is 0 Å². The number of hydrogen-bond acceptors (Lipinski definition) is 3. The van der Waals surface area contributed by atoms with Gasteiger partial charge in [-0.1, -0.05) is 29.8 Å². The van der Waals surface area contributed by atoms with E-state index in [4.69, 9.17) is 21.1 Å². The number of ether oxygens (including phenoxy) is 2. The molecule has 0 aromatic heterocycles. The van der Waals surface area contributed by atoms with Crippen LogP contribution in [-0.4, -0.2) is 43.4 Å². The molecule has 3 rings (SSSR count). The maximum atomic E-state index is 12.4. The van der Waals surface area contributed by atoms with Gasteiger partial charge in [0.1, 0.15) is 0 Å². The lowest BCUT2D eigenvalue weighted by Crippen LogP contribution is -2.43. The third kappa shape index (κ3) is 3.80. The lowest BCUT2D eigenvalue weighted by Gasteiger charge is -2.34. The predicted molar refractivity (Wildman–Crippen MR) is 84.8 cm³/mol. The zero-order valence-electron chi connectivity index (χ0n) is 12.7. The molecule has 0 radical (unpaired) electrons.